The van der Waals surface area contributed by atoms with Gasteiger partial charge < -0.3 is 18.9 Å². The van der Waals surface area contributed by atoms with Crippen LogP contribution in [0.4, 0.5) is 5.69 Å². The molecule has 0 bridgehead atoms. The summed E-state index contributed by atoms with van der Waals surface area (Å²) in [5.41, 5.74) is 0.861. The maximum absolute atomic E-state index is 12.4. The molecule has 7 nitrogen and oxygen atoms in total. The third kappa shape index (κ3) is 4.83. The zero-order valence-electron chi connectivity index (χ0n) is 16.0. The van der Waals surface area contributed by atoms with Crippen molar-refractivity contribution < 1.29 is 14.3 Å². The lowest BCUT2D eigenvalue weighted by Crippen LogP contribution is -2.27. The fraction of sp³-hybridized carbons (Fsp3) is 0.250. The number of para-hydroxylation sites is 1. The highest BCUT2D eigenvalue weighted by atomic mass is 32.2. The van der Waals surface area contributed by atoms with Gasteiger partial charge >= 0.3 is 0 Å². The largest absolute Gasteiger partial charge is 0.497 e. The molecule has 0 radical (unpaired) electrons. The Bertz CT molecular complexity index is 913. The minimum Gasteiger partial charge on any atom is -0.497 e. The van der Waals surface area contributed by atoms with E-state index in [0.717, 1.165) is 17.2 Å². The number of carbonyl (C=O) groups excluding carboxylic acids is 1. The number of aromatic nitrogens is 3. The van der Waals surface area contributed by atoms with Crippen LogP contribution in [0.5, 0.6) is 11.5 Å². The van der Waals surface area contributed by atoms with Crippen LogP contribution in [0.2, 0.25) is 0 Å². The van der Waals surface area contributed by atoms with Gasteiger partial charge in [-0.25, -0.2) is 0 Å². The summed E-state index contributed by atoms with van der Waals surface area (Å²) in [4.78, 5) is 14.0. The molecule has 0 aliphatic rings. The third-order valence-electron chi connectivity index (χ3n) is 4.19. The number of ether oxygens (including phenoxy) is 2. The van der Waals surface area contributed by atoms with E-state index in [2.05, 4.69) is 10.2 Å². The molecule has 0 fully saturated rings. The van der Waals surface area contributed by atoms with Crippen LogP contribution in [0.1, 0.15) is 5.82 Å². The molecule has 0 N–H and O–H groups in total. The maximum Gasteiger partial charge on any atom is 0.237 e. The minimum absolute atomic E-state index is 0.00441. The Morgan fingerprint density at radius 1 is 1.07 bits per heavy atom. The second-order valence-electron chi connectivity index (χ2n) is 6.00. The molecule has 1 heterocycles. The van der Waals surface area contributed by atoms with E-state index < -0.39 is 0 Å². The Hall–Kier alpha value is -3.00. The van der Waals surface area contributed by atoms with Gasteiger partial charge in [0.2, 0.25) is 5.91 Å². The van der Waals surface area contributed by atoms with Gasteiger partial charge in [0.15, 0.2) is 11.0 Å². The monoisotopic (exact) mass is 398 g/mol. The van der Waals surface area contributed by atoms with Gasteiger partial charge in [-0.1, -0.05) is 30.0 Å². The Kier molecular flexibility index (Phi) is 6.54. The summed E-state index contributed by atoms with van der Waals surface area (Å²) in [7, 11) is 5.25. The predicted molar refractivity (Wildman–Crippen MR) is 109 cm³/mol. The number of thioether (sulfide) groups is 1. The van der Waals surface area contributed by atoms with Crippen LogP contribution >= 0.6 is 11.8 Å². The smallest absolute Gasteiger partial charge is 0.237 e. The van der Waals surface area contributed by atoms with Gasteiger partial charge in [-0.15, -0.1) is 10.2 Å². The van der Waals surface area contributed by atoms with Crippen LogP contribution in [-0.4, -0.2) is 40.6 Å². The van der Waals surface area contributed by atoms with Gasteiger partial charge in [-0.05, 0) is 36.4 Å². The lowest BCUT2D eigenvalue weighted by molar-refractivity contribution is -0.115. The fourth-order valence-corrected chi connectivity index (χ4v) is 3.28. The van der Waals surface area contributed by atoms with Crippen molar-refractivity contribution in [2.75, 3.05) is 24.8 Å². The number of nitrogens with zero attached hydrogens (tertiary/aromatic N) is 4. The summed E-state index contributed by atoms with van der Waals surface area (Å²) >= 11 is 1.35. The molecule has 1 aromatic heterocycles. The number of carbonyl (C=O) groups is 1. The first kappa shape index (κ1) is 19.8. The van der Waals surface area contributed by atoms with Crippen molar-refractivity contribution >= 4 is 23.4 Å². The molecule has 2 aromatic carbocycles. The molecule has 3 aromatic rings. The first-order valence-electron chi connectivity index (χ1n) is 8.68. The number of amides is 1. The van der Waals surface area contributed by atoms with Crippen molar-refractivity contribution in [2.24, 2.45) is 7.05 Å². The molecule has 28 heavy (non-hydrogen) atoms. The quantitative estimate of drug-likeness (QED) is 0.543. The average Bonchev–Trinajstić information content (AvgIpc) is 3.10. The van der Waals surface area contributed by atoms with Gasteiger partial charge in [0, 0.05) is 19.8 Å². The average molecular weight is 398 g/mol. The van der Waals surface area contributed by atoms with Crippen LogP contribution < -0.4 is 14.4 Å². The summed E-state index contributed by atoms with van der Waals surface area (Å²) in [5, 5.41) is 9.00. The van der Waals surface area contributed by atoms with E-state index in [9.17, 15) is 4.79 Å². The Morgan fingerprint density at radius 3 is 2.43 bits per heavy atom. The number of hydrogen-bond donors (Lipinski definition) is 0. The first-order valence-corrected chi connectivity index (χ1v) is 9.66. The number of rotatable bonds is 8. The highest BCUT2D eigenvalue weighted by molar-refractivity contribution is 7.99. The summed E-state index contributed by atoms with van der Waals surface area (Å²) < 4.78 is 12.7. The normalized spacial score (nSPS) is 10.5. The number of methoxy groups -OCH3 is 1. The van der Waals surface area contributed by atoms with Gasteiger partial charge in [-0.3, -0.25) is 4.79 Å². The fourth-order valence-electron chi connectivity index (χ4n) is 2.43. The molecular weight excluding hydrogens is 376 g/mol. The van der Waals surface area contributed by atoms with Crippen LogP contribution in [0, 0.1) is 0 Å². The van der Waals surface area contributed by atoms with Gasteiger partial charge in [-0.2, -0.15) is 0 Å². The molecule has 0 saturated heterocycles. The first-order chi connectivity index (χ1) is 13.6. The predicted octanol–water partition coefficient (Wildman–Crippen LogP) is 3.16. The van der Waals surface area contributed by atoms with E-state index in [1.54, 1.807) is 19.1 Å². The molecule has 0 aliphatic carbocycles. The van der Waals surface area contributed by atoms with Crippen LogP contribution in [0.3, 0.4) is 0 Å². The number of anilines is 1. The molecule has 0 saturated carbocycles. The van der Waals surface area contributed by atoms with Gasteiger partial charge in [0.05, 0.1) is 12.9 Å². The summed E-state index contributed by atoms with van der Waals surface area (Å²) in [6.45, 7) is 0.286. The zero-order valence-corrected chi connectivity index (χ0v) is 16.8. The summed E-state index contributed by atoms with van der Waals surface area (Å²) in [6, 6.07) is 16.9. The maximum atomic E-state index is 12.4. The standard InChI is InChI=1S/C20H22N4O3S/c1-23(15-7-5-4-6-8-15)19(25)14-28-20-22-21-18(24(20)2)13-27-17-11-9-16(26-3)10-12-17/h4-12H,13-14H2,1-3H3. The molecule has 3 rings (SSSR count). The van der Waals surface area contributed by atoms with Crippen LogP contribution in [0.25, 0.3) is 0 Å². The minimum atomic E-state index is -0.00441. The Labute approximate surface area is 168 Å². The van der Waals surface area contributed by atoms with Crippen molar-refractivity contribution in [1.29, 1.82) is 0 Å². The van der Waals surface area contributed by atoms with Crippen molar-refractivity contribution in [3.05, 3.63) is 60.4 Å². The lowest BCUT2D eigenvalue weighted by atomic mass is 10.3. The van der Waals surface area contributed by atoms with E-state index in [0.29, 0.717) is 11.0 Å². The van der Waals surface area contributed by atoms with Gasteiger partial charge in [0.25, 0.3) is 0 Å². The second-order valence-corrected chi connectivity index (χ2v) is 6.94. The number of hydrogen-bond acceptors (Lipinski definition) is 6. The van der Waals surface area contributed by atoms with E-state index in [4.69, 9.17) is 9.47 Å². The Balaban J connectivity index is 1.54. The molecule has 0 unspecified atom stereocenters. The molecule has 0 aliphatic heterocycles. The lowest BCUT2D eigenvalue weighted by Gasteiger charge is -2.16. The highest BCUT2D eigenvalue weighted by Crippen LogP contribution is 2.21. The van der Waals surface area contributed by atoms with E-state index in [1.807, 2.05) is 66.2 Å². The SMILES string of the molecule is COc1ccc(OCc2nnc(SCC(=O)N(C)c3ccccc3)n2C)cc1. The Morgan fingerprint density at radius 2 is 1.75 bits per heavy atom. The van der Waals surface area contributed by atoms with E-state index >= 15 is 0 Å². The van der Waals surface area contributed by atoms with E-state index in [-0.39, 0.29) is 18.3 Å². The van der Waals surface area contributed by atoms with Gasteiger partial charge in [0.1, 0.15) is 18.1 Å². The molecule has 8 heteroatoms. The van der Waals surface area contributed by atoms with Crippen molar-refractivity contribution in [3.63, 3.8) is 0 Å². The second kappa shape index (κ2) is 9.27. The molecule has 1 amide bonds. The van der Waals surface area contributed by atoms with Crippen LogP contribution in [0.15, 0.2) is 59.8 Å². The molecule has 0 spiro atoms. The van der Waals surface area contributed by atoms with Crippen LogP contribution in [-0.2, 0) is 18.4 Å². The number of benzene rings is 2. The van der Waals surface area contributed by atoms with E-state index in [1.165, 1.54) is 11.8 Å². The molecule has 0 atom stereocenters. The third-order valence-corrected chi connectivity index (χ3v) is 5.20. The summed E-state index contributed by atoms with van der Waals surface area (Å²) in [6.07, 6.45) is 0. The van der Waals surface area contributed by atoms with Crippen molar-refractivity contribution in [3.8, 4) is 11.5 Å². The van der Waals surface area contributed by atoms with Crippen molar-refractivity contribution in [1.82, 2.24) is 14.8 Å². The summed E-state index contributed by atoms with van der Waals surface area (Å²) in [5.74, 6) is 2.45. The molecular formula is C20H22N4O3S. The molecule has 146 valence electrons. The zero-order chi connectivity index (χ0) is 19.9. The highest BCUT2D eigenvalue weighted by Gasteiger charge is 2.15. The topological polar surface area (TPSA) is 69.5 Å². The van der Waals surface area contributed by atoms with Crippen molar-refractivity contribution in [2.45, 2.75) is 11.8 Å².